The molecule has 3 atom stereocenters. The van der Waals surface area contributed by atoms with Crippen LogP contribution in [0, 0.1) is 22.7 Å². The van der Waals surface area contributed by atoms with Crippen molar-refractivity contribution in [2.75, 3.05) is 0 Å². The number of aliphatic carboxylic acids is 1. The number of carbonyl (C=O) groups excluding carboxylic acids is 1. The first-order valence-electron chi connectivity index (χ1n) is 6.71. The molecule has 2 aliphatic carbocycles. The Balaban J connectivity index is 2.49. The van der Waals surface area contributed by atoms with E-state index in [2.05, 4.69) is 20.8 Å². The Bertz CT molecular complexity index is 408. The van der Waals surface area contributed by atoms with Gasteiger partial charge in [0.1, 0.15) is 6.29 Å². The van der Waals surface area contributed by atoms with E-state index in [0.29, 0.717) is 11.5 Å². The summed E-state index contributed by atoms with van der Waals surface area (Å²) in [5.41, 5.74) is 0.350. The lowest BCUT2D eigenvalue weighted by Crippen LogP contribution is -2.51. The quantitative estimate of drug-likeness (QED) is 0.766. The first-order chi connectivity index (χ1) is 8.33. The number of hydrogen-bond acceptors (Lipinski definition) is 2. The molecule has 0 heterocycles. The lowest BCUT2D eigenvalue weighted by Gasteiger charge is -2.55. The highest BCUT2D eigenvalue weighted by molar-refractivity contribution is 5.87. The van der Waals surface area contributed by atoms with E-state index < -0.39 is 11.9 Å². The van der Waals surface area contributed by atoms with Gasteiger partial charge in [0.15, 0.2) is 0 Å². The molecule has 0 amide bonds. The Labute approximate surface area is 108 Å². The summed E-state index contributed by atoms with van der Waals surface area (Å²) in [6.07, 6.45) is 6.53. The maximum atomic E-state index is 11.6. The molecule has 3 unspecified atom stereocenters. The molecule has 0 spiro atoms. The van der Waals surface area contributed by atoms with Gasteiger partial charge in [-0.15, -0.1) is 0 Å². The highest BCUT2D eigenvalue weighted by Crippen LogP contribution is 2.59. The molecule has 0 radical (unpaired) electrons. The van der Waals surface area contributed by atoms with Crippen molar-refractivity contribution in [3.05, 3.63) is 11.6 Å². The molecule has 1 fully saturated rings. The minimum Gasteiger partial charge on any atom is -0.481 e. The molecule has 1 saturated carbocycles. The van der Waals surface area contributed by atoms with Gasteiger partial charge in [-0.3, -0.25) is 9.59 Å². The topological polar surface area (TPSA) is 54.4 Å². The van der Waals surface area contributed by atoms with Crippen molar-refractivity contribution in [1.82, 2.24) is 0 Å². The molecule has 0 bridgehead atoms. The monoisotopic (exact) mass is 250 g/mol. The number of allylic oxidation sites excluding steroid dienone is 1. The van der Waals surface area contributed by atoms with Crippen LogP contribution in [0.15, 0.2) is 11.6 Å². The van der Waals surface area contributed by atoms with Crippen molar-refractivity contribution >= 4 is 12.3 Å². The van der Waals surface area contributed by atoms with Crippen LogP contribution in [0.3, 0.4) is 0 Å². The van der Waals surface area contributed by atoms with E-state index in [-0.39, 0.29) is 10.8 Å². The molecule has 3 nitrogen and oxygen atoms in total. The number of aldehydes is 1. The van der Waals surface area contributed by atoms with Gasteiger partial charge in [0.25, 0.3) is 0 Å². The fraction of sp³-hybridized carbons (Fsp3) is 0.733. The zero-order valence-electron chi connectivity index (χ0n) is 11.4. The van der Waals surface area contributed by atoms with Gasteiger partial charge in [-0.05, 0) is 36.0 Å². The van der Waals surface area contributed by atoms with Gasteiger partial charge >= 0.3 is 5.97 Å². The zero-order valence-corrected chi connectivity index (χ0v) is 11.4. The Kier molecular flexibility index (Phi) is 3.12. The Morgan fingerprint density at radius 2 is 2.06 bits per heavy atom. The minimum absolute atomic E-state index is 0.158. The third kappa shape index (κ3) is 1.80. The van der Waals surface area contributed by atoms with Gasteiger partial charge in [-0.1, -0.05) is 33.3 Å². The molecule has 0 saturated heterocycles. The van der Waals surface area contributed by atoms with Crippen LogP contribution in [0.1, 0.15) is 46.5 Å². The van der Waals surface area contributed by atoms with Crippen LogP contribution in [0.5, 0.6) is 0 Å². The molecule has 1 N–H and O–H groups in total. The van der Waals surface area contributed by atoms with Crippen LogP contribution < -0.4 is 0 Å². The van der Waals surface area contributed by atoms with Crippen molar-refractivity contribution in [1.29, 1.82) is 0 Å². The van der Waals surface area contributed by atoms with Crippen molar-refractivity contribution in [3.63, 3.8) is 0 Å². The van der Waals surface area contributed by atoms with Crippen LogP contribution in [0.4, 0.5) is 0 Å². The molecule has 2 rings (SSSR count). The molecule has 0 aromatic carbocycles. The number of carboxylic acids is 1. The summed E-state index contributed by atoms with van der Waals surface area (Å²) in [5, 5.41) is 9.51. The first kappa shape index (κ1) is 13.3. The van der Waals surface area contributed by atoms with Gasteiger partial charge in [0, 0.05) is 5.57 Å². The van der Waals surface area contributed by atoms with Crippen LogP contribution in [0.2, 0.25) is 0 Å². The molecule has 100 valence electrons. The number of carbonyl (C=O) groups is 2. The van der Waals surface area contributed by atoms with E-state index in [4.69, 9.17) is 0 Å². The lowest BCUT2D eigenvalue weighted by molar-refractivity contribution is -0.151. The number of rotatable bonds is 2. The second kappa shape index (κ2) is 4.22. The first-order valence-corrected chi connectivity index (χ1v) is 6.71. The van der Waals surface area contributed by atoms with Gasteiger partial charge in [0.2, 0.25) is 0 Å². The SMILES string of the molecule is CC1(C)CCCC2(C)C(C(=O)O)C(C=O)=CCC12. The molecular formula is C15H22O3. The number of fused-ring (bicyclic) bond motifs is 1. The van der Waals surface area contributed by atoms with Crippen LogP contribution >= 0.6 is 0 Å². The average Bonchev–Trinajstić information content (AvgIpc) is 2.25. The maximum Gasteiger partial charge on any atom is 0.311 e. The molecule has 2 aliphatic rings. The number of hydrogen-bond donors (Lipinski definition) is 1. The van der Waals surface area contributed by atoms with Crippen molar-refractivity contribution < 1.29 is 14.7 Å². The molecule has 0 aromatic heterocycles. The summed E-state index contributed by atoms with van der Waals surface area (Å²) in [6, 6.07) is 0. The average molecular weight is 250 g/mol. The highest BCUT2D eigenvalue weighted by atomic mass is 16.4. The highest BCUT2D eigenvalue weighted by Gasteiger charge is 2.54. The van der Waals surface area contributed by atoms with Crippen molar-refractivity contribution in [2.45, 2.75) is 46.5 Å². The summed E-state index contributed by atoms with van der Waals surface area (Å²) in [6.45, 7) is 6.52. The zero-order chi connectivity index (χ0) is 13.6. The second-order valence-corrected chi connectivity index (χ2v) is 6.73. The van der Waals surface area contributed by atoms with Gasteiger partial charge in [-0.2, -0.15) is 0 Å². The molecule has 3 heteroatoms. The number of carboxylic acid groups (broad SMARTS) is 1. The summed E-state index contributed by atoms with van der Waals surface area (Å²) in [5.74, 6) is -1.13. The van der Waals surface area contributed by atoms with E-state index in [1.165, 1.54) is 0 Å². The maximum absolute atomic E-state index is 11.6. The molecular weight excluding hydrogens is 228 g/mol. The van der Waals surface area contributed by atoms with Gasteiger partial charge < -0.3 is 5.11 Å². The molecule has 0 aliphatic heterocycles. The standard InChI is InChI=1S/C15H22O3/c1-14(2)7-4-8-15(3)11(14)6-5-10(9-16)12(15)13(17)18/h5,9,11-12H,4,6-8H2,1-3H3,(H,17,18). The van der Waals surface area contributed by atoms with E-state index >= 15 is 0 Å². The lowest BCUT2D eigenvalue weighted by atomic mass is 9.48. The summed E-state index contributed by atoms with van der Waals surface area (Å²) < 4.78 is 0. The van der Waals surface area contributed by atoms with E-state index in [9.17, 15) is 14.7 Å². The predicted molar refractivity (Wildman–Crippen MR) is 69.1 cm³/mol. The third-order valence-electron chi connectivity index (χ3n) is 5.24. The normalized spacial score (nSPS) is 38.5. The van der Waals surface area contributed by atoms with E-state index in [1.807, 2.05) is 6.08 Å². The summed E-state index contributed by atoms with van der Waals surface area (Å²) in [4.78, 5) is 22.7. The largest absolute Gasteiger partial charge is 0.481 e. The van der Waals surface area contributed by atoms with E-state index in [1.54, 1.807) is 0 Å². The fourth-order valence-electron chi connectivity index (χ4n) is 4.39. The van der Waals surface area contributed by atoms with Crippen molar-refractivity contribution in [3.8, 4) is 0 Å². The predicted octanol–water partition coefficient (Wildman–Crippen LogP) is 3.05. The summed E-state index contributed by atoms with van der Waals surface area (Å²) in [7, 11) is 0. The van der Waals surface area contributed by atoms with Crippen LogP contribution in [-0.4, -0.2) is 17.4 Å². The van der Waals surface area contributed by atoms with Gasteiger partial charge in [-0.25, -0.2) is 0 Å². The second-order valence-electron chi connectivity index (χ2n) is 6.73. The third-order valence-corrected chi connectivity index (χ3v) is 5.24. The molecule has 18 heavy (non-hydrogen) atoms. The Hall–Kier alpha value is -1.12. The van der Waals surface area contributed by atoms with Crippen LogP contribution in [-0.2, 0) is 9.59 Å². The molecule has 0 aromatic rings. The smallest absolute Gasteiger partial charge is 0.311 e. The minimum atomic E-state index is -0.849. The Morgan fingerprint density at radius 1 is 1.39 bits per heavy atom. The van der Waals surface area contributed by atoms with Crippen molar-refractivity contribution in [2.24, 2.45) is 22.7 Å². The van der Waals surface area contributed by atoms with Crippen LogP contribution in [0.25, 0.3) is 0 Å². The van der Waals surface area contributed by atoms with E-state index in [0.717, 1.165) is 32.0 Å². The van der Waals surface area contributed by atoms with Gasteiger partial charge in [0.05, 0.1) is 5.92 Å². The summed E-state index contributed by atoms with van der Waals surface area (Å²) >= 11 is 0. The fourth-order valence-corrected chi connectivity index (χ4v) is 4.39. The Morgan fingerprint density at radius 3 is 2.61 bits per heavy atom.